The Kier molecular flexibility index (Phi) is 5.67. The molecule has 2 aromatic heterocycles. The van der Waals surface area contributed by atoms with Gasteiger partial charge in [-0.05, 0) is 49.4 Å². The van der Waals surface area contributed by atoms with Crippen LogP contribution in [0.3, 0.4) is 0 Å². The molecule has 0 spiro atoms. The summed E-state index contributed by atoms with van der Waals surface area (Å²) in [7, 11) is 0. The number of rotatable bonds is 7. The lowest BCUT2D eigenvalue weighted by Gasteiger charge is -2.16. The number of hydrogen-bond acceptors (Lipinski definition) is 5. The summed E-state index contributed by atoms with van der Waals surface area (Å²) >= 11 is 1.46. The molecular formula is C22H25N5OS. The second-order valence-electron chi connectivity index (χ2n) is 7.63. The average molecular weight is 408 g/mol. The Bertz CT molecular complexity index is 997. The van der Waals surface area contributed by atoms with Crippen molar-refractivity contribution in [2.45, 2.75) is 56.0 Å². The molecule has 1 saturated carbocycles. The fourth-order valence-corrected chi connectivity index (χ4v) is 4.20. The van der Waals surface area contributed by atoms with E-state index in [1.807, 2.05) is 37.3 Å². The van der Waals surface area contributed by atoms with Crippen LogP contribution in [0.25, 0.3) is 11.4 Å². The van der Waals surface area contributed by atoms with Crippen molar-refractivity contribution in [2.24, 2.45) is 0 Å². The van der Waals surface area contributed by atoms with Crippen LogP contribution in [0.5, 0.6) is 0 Å². The van der Waals surface area contributed by atoms with Crippen LogP contribution in [-0.2, 0) is 4.79 Å². The van der Waals surface area contributed by atoms with Gasteiger partial charge in [0.05, 0.1) is 5.25 Å². The van der Waals surface area contributed by atoms with Crippen molar-refractivity contribution in [1.29, 1.82) is 0 Å². The van der Waals surface area contributed by atoms with Crippen molar-refractivity contribution in [3.63, 3.8) is 0 Å². The van der Waals surface area contributed by atoms with E-state index in [1.54, 1.807) is 12.4 Å². The van der Waals surface area contributed by atoms with Crippen molar-refractivity contribution >= 4 is 23.4 Å². The summed E-state index contributed by atoms with van der Waals surface area (Å²) in [5.41, 5.74) is 3.01. The highest BCUT2D eigenvalue weighted by Crippen LogP contribution is 2.41. The lowest BCUT2D eigenvalue weighted by atomic mass is 10.0. The number of nitrogens with zero attached hydrogens (tertiary/aromatic N) is 4. The highest BCUT2D eigenvalue weighted by Gasteiger charge is 2.31. The Morgan fingerprint density at radius 3 is 2.52 bits per heavy atom. The maximum absolute atomic E-state index is 12.9. The van der Waals surface area contributed by atoms with Crippen LogP contribution >= 0.6 is 11.8 Å². The lowest BCUT2D eigenvalue weighted by molar-refractivity contribution is -0.115. The number of amides is 1. The van der Waals surface area contributed by atoms with Crippen LogP contribution in [-0.4, -0.2) is 30.9 Å². The van der Waals surface area contributed by atoms with Crippen molar-refractivity contribution in [2.75, 3.05) is 5.32 Å². The highest BCUT2D eigenvalue weighted by molar-refractivity contribution is 8.00. The number of hydrogen-bond donors (Lipinski definition) is 1. The Morgan fingerprint density at radius 1 is 1.10 bits per heavy atom. The summed E-state index contributed by atoms with van der Waals surface area (Å²) < 4.78 is 2.17. The average Bonchev–Trinajstić information content (AvgIpc) is 3.48. The van der Waals surface area contributed by atoms with Gasteiger partial charge in [0.15, 0.2) is 11.0 Å². The zero-order chi connectivity index (χ0) is 20.4. The number of pyridine rings is 1. The molecule has 1 aliphatic carbocycles. The Morgan fingerprint density at radius 2 is 1.83 bits per heavy atom. The molecule has 4 rings (SSSR count). The standard InChI is InChI=1S/C22H25N5OS/c1-14(2)18-6-4-5-7-19(18)24-21(28)15(3)29-22-26-25-20(27(22)17-8-9-17)16-10-12-23-13-11-16/h4-7,10-15,17H,8-9H2,1-3H3,(H,24,28)/t15-/m1/s1. The molecule has 1 aromatic carbocycles. The maximum Gasteiger partial charge on any atom is 0.237 e. The Labute approximate surface area is 175 Å². The molecule has 1 amide bonds. The highest BCUT2D eigenvalue weighted by atomic mass is 32.2. The maximum atomic E-state index is 12.9. The smallest absolute Gasteiger partial charge is 0.237 e. The molecule has 1 fully saturated rings. The van der Waals surface area contributed by atoms with Gasteiger partial charge in [-0.15, -0.1) is 10.2 Å². The van der Waals surface area contributed by atoms with E-state index < -0.39 is 0 Å². The third-order valence-corrected chi connectivity index (χ3v) is 6.06. The number of para-hydroxylation sites is 1. The van der Waals surface area contributed by atoms with E-state index in [4.69, 9.17) is 0 Å². The largest absolute Gasteiger partial charge is 0.325 e. The van der Waals surface area contributed by atoms with Crippen LogP contribution in [0.4, 0.5) is 5.69 Å². The second-order valence-corrected chi connectivity index (χ2v) is 8.94. The zero-order valence-corrected chi connectivity index (χ0v) is 17.7. The summed E-state index contributed by atoms with van der Waals surface area (Å²) in [6, 6.07) is 12.3. The van der Waals surface area contributed by atoms with Crippen molar-refractivity contribution in [3.8, 4) is 11.4 Å². The molecule has 3 aromatic rings. The molecule has 0 radical (unpaired) electrons. The first kappa shape index (κ1) is 19.6. The van der Waals surface area contributed by atoms with Crippen LogP contribution in [0.1, 0.15) is 51.1 Å². The molecule has 2 heterocycles. The summed E-state index contributed by atoms with van der Waals surface area (Å²) in [5.74, 6) is 1.16. The molecule has 1 atom stereocenters. The van der Waals surface area contributed by atoms with Crippen molar-refractivity contribution in [1.82, 2.24) is 19.7 Å². The van der Waals surface area contributed by atoms with Crippen LogP contribution < -0.4 is 5.32 Å². The number of nitrogens with one attached hydrogen (secondary N) is 1. The van der Waals surface area contributed by atoms with E-state index >= 15 is 0 Å². The number of carbonyl (C=O) groups excluding carboxylic acids is 1. The SMILES string of the molecule is CC(C)c1ccccc1NC(=O)[C@@H](C)Sc1nnc(-c2ccncc2)n1C1CC1. The van der Waals surface area contributed by atoms with Crippen molar-refractivity contribution < 1.29 is 4.79 Å². The summed E-state index contributed by atoms with van der Waals surface area (Å²) in [4.78, 5) is 17.0. The second kappa shape index (κ2) is 8.37. The van der Waals surface area contributed by atoms with Crippen molar-refractivity contribution in [3.05, 3.63) is 54.4 Å². The van der Waals surface area contributed by atoms with Gasteiger partial charge >= 0.3 is 0 Å². The van der Waals surface area contributed by atoms with Gasteiger partial charge in [0.25, 0.3) is 0 Å². The fraction of sp³-hybridized carbons (Fsp3) is 0.364. The first-order valence-electron chi connectivity index (χ1n) is 9.96. The molecule has 1 aliphatic rings. The van der Waals surface area contributed by atoms with E-state index in [0.717, 1.165) is 40.6 Å². The predicted octanol–water partition coefficient (Wildman–Crippen LogP) is 4.92. The van der Waals surface area contributed by atoms with Gasteiger partial charge in [0, 0.05) is 29.7 Å². The molecule has 29 heavy (non-hydrogen) atoms. The number of carbonyl (C=O) groups is 1. The number of benzene rings is 1. The summed E-state index contributed by atoms with van der Waals surface area (Å²) in [5, 5.41) is 12.4. The minimum atomic E-state index is -0.290. The molecule has 0 saturated heterocycles. The van der Waals surface area contributed by atoms with Gasteiger partial charge in [0.1, 0.15) is 0 Å². The molecule has 0 aliphatic heterocycles. The van der Waals surface area contributed by atoms with Gasteiger partial charge in [-0.2, -0.15) is 0 Å². The molecule has 7 heteroatoms. The minimum Gasteiger partial charge on any atom is -0.325 e. The van der Waals surface area contributed by atoms with E-state index in [2.05, 4.69) is 45.0 Å². The number of thioether (sulfide) groups is 1. The molecule has 6 nitrogen and oxygen atoms in total. The zero-order valence-electron chi connectivity index (χ0n) is 16.9. The van der Waals surface area contributed by atoms with Crippen LogP contribution in [0, 0.1) is 0 Å². The number of anilines is 1. The quantitative estimate of drug-likeness (QED) is 0.563. The van der Waals surface area contributed by atoms with Gasteiger partial charge in [-0.25, -0.2) is 0 Å². The molecule has 0 bridgehead atoms. The molecular weight excluding hydrogens is 382 g/mol. The minimum absolute atomic E-state index is 0.0288. The summed E-state index contributed by atoms with van der Waals surface area (Å²) in [6.07, 6.45) is 5.75. The van der Waals surface area contributed by atoms with E-state index in [1.165, 1.54) is 11.8 Å². The van der Waals surface area contributed by atoms with Crippen LogP contribution in [0.2, 0.25) is 0 Å². The predicted molar refractivity (Wildman–Crippen MR) is 116 cm³/mol. The molecule has 1 N–H and O–H groups in total. The van der Waals surface area contributed by atoms with Gasteiger partial charge in [0.2, 0.25) is 5.91 Å². The normalized spacial score (nSPS) is 14.8. The van der Waals surface area contributed by atoms with Gasteiger partial charge in [-0.3, -0.25) is 14.3 Å². The summed E-state index contributed by atoms with van der Waals surface area (Å²) in [6.45, 7) is 6.17. The van der Waals surface area contributed by atoms with Crippen LogP contribution in [0.15, 0.2) is 53.9 Å². The topological polar surface area (TPSA) is 72.7 Å². The van der Waals surface area contributed by atoms with Gasteiger partial charge < -0.3 is 5.32 Å². The van der Waals surface area contributed by atoms with E-state index in [9.17, 15) is 4.79 Å². The lowest BCUT2D eigenvalue weighted by Crippen LogP contribution is -2.23. The van der Waals surface area contributed by atoms with E-state index in [-0.39, 0.29) is 11.2 Å². The third-order valence-electron chi connectivity index (χ3n) is 5.01. The number of aromatic nitrogens is 4. The first-order chi connectivity index (χ1) is 14.0. The monoisotopic (exact) mass is 407 g/mol. The molecule has 150 valence electrons. The fourth-order valence-electron chi connectivity index (χ4n) is 3.28. The Balaban J connectivity index is 1.52. The first-order valence-corrected chi connectivity index (χ1v) is 10.8. The molecule has 0 unspecified atom stereocenters. The Hall–Kier alpha value is -2.67. The van der Waals surface area contributed by atoms with E-state index in [0.29, 0.717) is 12.0 Å². The third kappa shape index (κ3) is 4.34. The van der Waals surface area contributed by atoms with Gasteiger partial charge in [-0.1, -0.05) is 43.8 Å².